The molecule has 1 atom stereocenters. The van der Waals surface area contributed by atoms with Crippen molar-refractivity contribution in [3.63, 3.8) is 0 Å². The second-order valence-corrected chi connectivity index (χ2v) is 8.24. The van der Waals surface area contributed by atoms with Gasteiger partial charge in [-0.25, -0.2) is 4.90 Å². The van der Waals surface area contributed by atoms with Crippen molar-refractivity contribution in [3.05, 3.63) is 28.2 Å². The van der Waals surface area contributed by atoms with Crippen molar-refractivity contribution in [3.8, 4) is 0 Å². The van der Waals surface area contributed by atoms with E-state index in [1.165, 1.54) is 45.4 Å². The number of unbranched alkanes of at least 4 members (excludes halogenated alkanes) is 7. The highest BCUT2D eigenvalue weighted by Crippen LogP contribution is 2.39. The first-order valence-electron chi connectivity index (χ1n) is 10.2. The number of ether oxygens (including phenoxy) is 1. The summed E-state index contributed by atoms with van der Waals surface area (Å²) in [6.45, 7) is 3.95. The number of halogens is 1. The van der Waals surface area contributed by atoms with Crippen molar-refractivity contribution >= 4 is 39.2 Å². The Hall–Kier alpha value is -1.53. The number of rotatable bonds is 12. The van der Waals surface area contributed by atoms with Crippen LogP contribution < -0.4 is 4.90 Å². The molecule has 0 radical (unpaired) electrons. The molecule has 28 heavy (non-hydrogen) atoms. The third-order valence-corrected chi connectivity index (χ3v) is 5.53. The number of Topliss-reactive ketones (excluding diaryl/α,β-unsaturated/α-hetero) is 1. The standard InChI is InChI=1S/C22H30BrNO4/c1-3-4-5-6-7-8-9-10-13-28-15-20(26)21-18-14-17(23)11-12-19(18)24(16(2)25)22(21)27/h11-12,14,21H,3-10,13,15H2,1-2H3. The van der Waals surface area contributed by atoms with Crippen LogP contribution in [0.1, 0.15) is 76.7 Å². The lowest BCUT2D eigenvalue weighted by atomic mass is 9.96. The van der Waals surface area contributed by atoms with Gasteiger partial charge in [-0.15, -0.1) is 0 Å². The number of ketones is 1. The third-order valence-electron chi connectivity index (χ3n) is 5.03. The molecule has 0 saturated carbocycles. The first kappa shape index (κ1) is 22.8. The summed E-state index contributed by atoms with van der Waals surface area (Å²) in [5.41, 5.74) is 1.05. The number of hydrogen-bond donors (Lipinski definition) is 0. The molecule has 1 aromatic rings. The Morgan fingerprint density at radius 1 is 1.07 bits per heavy atom. The third kappa shape index (κ3) is 5.98. The Morgan fingerprint density at radius 2 is 1.71 bits per heavy atom. The molecule has 1 unspecified atom stereocenters. The van der Waals surface area contributed by atoms with E-state index in [0.717, 1.165) is 22.2 Å². The van der Waals surface area contributed by atoms with Gasteiger partial charge in [0.1, 0.15) is 12.5 Å². The molecule has 0 fully saturated rings. The highest BCUT2D eigenvalue weighted by Gasteiger charge is 2.43. The number of benzene rings is 1. The fourth-order valence-electron chi connectivity index (χ4n) is 3.57. The Morgan fingerprint density at radius 3 is 2.36 bits per heavy atom. The maximum Gasteiger partial charge on any atom is 0.249 e. The van der Waals surface area contributed by atoms with Crippen molar-refractivity contribution in [1.29, 1.82) is 0 Å². The fourth-order valence-corrected chi connectivity index (χ4v) is 3.95. The molecule has 1 aromatic carbocycles. The number of anilines is 1. The fraction of sp³-hybridized carbons (Fsp3) is 0.591. The van der Waals surface area contributed by atoms with E-state index >= 15 is 0 Å². The molecule has 1 heterocycles. The van der Waals surface area contributed by atoms with Gasteiger partial charge in [-0.1, -0.05) is 67.8 Å². The lowest BCUT2D eigenvalue weighted by molar-refractivity contribution is -0.132. The van der Waals surface area contributed by atoms with E-state index in [9.17, 15) is 14.4 Å². The molecule has 0 saturated heterocycles. The van der Waals surface area contributed by atoms with Gasteiger partial charge in [0.05, 0.1) is 5.69 Å². The number of nitrogens with zero attached hydrogens (tertiary/aromatic N) is 1. The predicted octanol–water partition coefficient (Wildman–Crippen LogP) is 5.15. The quantitative estimate of drug-likeness (QED) is 0.325. The lowest BCUT2D eigenvalue weighted by Crippen LogP contribution is -2.36. The largest absolute Gasteiger partial charge is 0.374 e. The second kappa shape index (κ2) is 11.5. The average Bonchev–Trinajstić information content (AvgIpc) is 2.94. The van der Waals surface area contributed by atoms with Crippen LogP contribution in [0.15, 0.2) is 22.7 Å². The zero-order valence-electron chi connectivity index (χ0n) is 16.8. The van der Waals surface area contributed by atoms with Gasteiger partial charge in [0.25, 0.3) is 0 Å². The van der Waals surface area contributed by atoms with E-state index < -0.39 is 11.8 Å². The molecule has 0 spiro atoms. The maximum atomic E-state index is 12.7. The molecule has 6 heteroatoms. The van der Waals surface area contributed by atoms with Gasteiger partial charge in [0, 0.05) is 18.0 Å². The molecular weight excluding hydrogens is 422 g/mol. The van der Waals surface area contributed by atoms with Gasteiger partial charge < -0.3 is 4.74 Å². The summed E-state index contributed by atoms with van der Waals surface area (Å²) in [5, 5.41) is 0. The van der Waals surface area contributed by atoms with Gasteiger partial charge in [0.2, 0.25) is 11.8 Å². The number of amides is 2. The summed E-state index contributed by atoms with van der Waals surface area (Å²) in [4.78, 5) is 38.2. The molecule has 154 valence electrons. The highest BCUT2D eigenvalue weighted by molar-refractivity contribution is 9.10. The summed E-state index contributed by atoms with van der Waals surface area (Å²) in [6.07, 6.45) is 9.63. The van der Waals surface area contributed by atoms with Crippen LogP contribution in [-0.2, 0) is 19.1 Å². The Labute approximate surface area is 175 Å². The maximum absolute atomic E-state index is 12.7. The lowest BCUT2D eigenvalue weighted by Gasteiger charge is -2.13. The van der Waals surface area contributed by atoms with E-state index in [-0.39, 0.29) is 18.3 Å². The summed E-state index contributed by atoms with van der Waals surface area (Å²) in [6, 6.07) is 5.18. The average molecular weight is 452 g/mol. The molecule has 0 bridgehead atoms. The van der Waals surface area contributed by atoms with Crippen molar-refractivity contribution < 1.29 is 19.1 Å². The Kier molecular flexibility index (Phi) is 9.32. The SMILES string of the molecule is CCCCCCCCCCOCC(=O)C1C(=O)N(C(C)=O)c2ccc(Br)cc21. The molecule has 0 N–H and O–H groups in total. The first-order chi connectivity index (χ1) is 13.5. The van der Waals surface area contributed by atoms with Gasteiger partial charge in [-0.05, 0) is 30.2 Å². The van der Waals surface area contributed by atoms with Crippen LogP contribution in [0.2, 0.25) is 0 Å². The first-order valence-corrected chi connectivity index (χ1v) is 11.0. The molecule has 1 aliphatic heterocycles. The Bertz CT molecular complexity index is 704. The van der Waals surface area contributed by atoms with E-state index in [4.69, 9.17) is 4.74 Å². The van der Waals surface area contributed by atoms with Crippen LogP contribution in [0, 0.1) is 0 Å². The second-order valence-electron chi connectivity index (χ2n) is 7.32. The minimum absolute atomic E-state index is 0.107. The van der Waals surface area contributed by atoms with Crippen molar-refractivity contribution in [2.24, 2.45) is 0 Å². The summed E-state index contributed by atoms with van der Waals surface area (Å²) in [7, 11) is 0. The van der Waals surface area contributed by atoms with E-state index in [0.29, 0.717) is 17.9 Å². The van der Waals surface area contributed by atoms with E-state index in [1.54, 1.807) is 18.2 Å². The van der Waals surface area contributed by atoms with Gasteiger partial charge in [-0.3, -0.25) is 14.4 Å². The normalized spacial score (nSPS) is 15.8. The number of imide groups is 1. The molecule has 0 aliphatic carbocycles. The zero-order chi connectivity index (χ0) is 20.5. The van der Waals surface area contributed by atoms with Crippen LogP contribution >= 0.6 is 15.9 Å². The van der Waals surface area contributed by atoms with Gasteiger partial charge >= 0.3 is 0 Å². The van der Waals surface area contributed by atoms with Crippen molar-refractivity contribution in [2.45, 2.75) is 71.1 Å². The van der Waals surface area contributed by atoms with Crippen molar-refractivity contribution in [1.82, 2.24) is 0 Å². The minimum atomic E-state index is -0.963. The summed E-state index contributed by atoms with van der Waals surface area (Å²) >= 11 is 3.37. The smallest absolute Gasteiger partial charge is 0.249 e. The molecule has 1 aliphatic rings. The highest BCUT2D eigenvalue weighted by atomic mass is 79.9. The zero-order valence-corrected chi connectivity index (χ0v) is 18.4. The van der Waals surface area contributed by atoms with E-state index in [2.05, 4.69) is 22.9 Å². The van der Waals surface area contributed by atoms with Crippen molar-refractivity contribution in [2.75, 3.05) is 18.1 Å². The van der Waals surface area contributed by atoms with Gasteiger partial charge in [-0.2, -0.15) is 0 Å². The summed E-state index contributed by atoms with van der Waals surface area (Å²) in [5.74, 6) is -2.13. The number of fused-ring (bicyclic) bond motifs is 1. The van der Waals surface area contributed by atoms with Crippen LogP contribution in [0.25, 0.3) is 0 Å². The predicted molar refractivity (Wildman–Crippen MR) is 113 cm³/mol. The Balaban J connectivity index is 1.79. The number of carbonyl (C=O) groups excluding carboxylic acids is 3. The van der Waals surface area contributed by atoms with Gasteiger partial charge in [0.15, 0.2) is 5.78 Å². The topological polar surface area (TPSA) is 63.7 Å². The van der Waals surface area contributed by atoms with E-state index in [1.807, 2.05) is 0 Å². The minimum Gasteiger partial charge on any atom is -0.374 e. The number of hydrogen-bond acceptors (Lipinski definition) is 4. The monoisotopic (exact) mass is 451 g/mol. The molecule has 5 nitrogen and oxygen atoms in total. The molecule has 2 rings (SSSR count). The molecular formula is C22H30BrNO4. The molecule has 0 aromatic heterocycles. The molecule has 2 amide bonds. The summed E-state index contributed by atoms with van der Waals surface area (Å²) < 4.78 is 6.29. The van der Waals surface area contributed by atoms with Crippen LogP contribution in [0.3, 0.4) is 0 Å². The van der Waals surface area contributed by atoms with Crippen LogP contribution in [0.4, 0.5) is 5.69 Å². The van der Waals surface area contributed by atoms with Crippen LogP contribution in [-0.4, -0.2) is 30.8 Å². The van der Waals surface area contributed by atoms with Crippen LogP contribution in [0.5, 0.6) is 0 Å². The number of carbonyl (C=O) groups is 3.